The first-order valence-corrected chi connectivity index (χ1v) is 8.59. The maximum absolute atomic E-state index is 12.1. The summed E-state index contributed by atoms with van der Waals surface area (Å²) in [6.07, 6.45) is 4.22. The molecular weight excluding hydrogens is 250 g/mol. The van der Waals surface area contributed by atoms with Crippen LogP contribution >= 0.6 is 0 Å². The topological polar surface area (TPSA) is 61.4 Å². The second-order valence-corrected chi connectivity index (χ2v) is 7.62. The lowest BCUT2D eigenvalue weighted by molar-refractivity contribution is 0.253. The van der Waals surface area contributed by atoms with Crippen molar-refractivity contribution in [1.82, 2.24) is 14.9 Å². The lowest BCUT2D eigenvalue weighted by Gasteiger charge is -2.29. The predicted molar refractivity (Wildman–Crippen MR) is 73.1 cm³/mol. The predicted octanol–water partition coefficient (Wildman–Crippen LogP) is 0.144. The van der Waals surface area contributed by atoms with Crippen LogP contribution in [0.15, 0.2) is 0 Å². The molecular formula is C12H25N3O2S. The monoisotopic (exact) mass is 275 g/mol. The Labute approximate surface area is 110 Å². The van der Waals surface area contributed by atoms with E-state index in [4.69, 9.17) is 0 Å². The van der Waals surface area contributed by atoms with Gasteiger partial charge >= 0.3 is 0 Å². The van der Waals surface area contributed by atoms with Crippen molar-refractivity contribution in [3.05, 3.63) is 0 Å². The Morgan fingerprint density at radius 2 is 1.83 bits per heavy atom. The highest BCUT2D eigenvalue weighted by Gasteiger charge is 2.32. The first kappa shape index (κ1) is 14.2. The van der Waals surface area contributed by atoms with Crippen LogP contribution in [-0.4, -0.2) is 57.3 Å². The number of piperazine rings is 1. The fourth-order valence-corrected chi connectivity index (χ4v) is 4.42. The zero-order chi connectivity index (χ0) is 13.1. The van der Waals surface area contributed by atoms with Crippen molar-refractivity contribution < 1.29 is 8.42 Å². The van der Waals surface area contributed by atoms with Crippen LogP contribution in [0.25, 0.3) is 0 Å². The zero-order valence-electron chi connectivity index (χ0n) is 11.2. The minimum atomic E-state index is -3.13. The average Bonchev–Trinajstić information content (AvgIpc) is 2.74. The number of nitrogens with one attached hydrogen (secondary N) is 2. The number of hydrogen-bond acceptors (Lipinski definition) is 4. The van der Waals surface area contributed by atoms with Gasteiger partial charge in [0.25, 0.3) is 0 Å². The van der Waals surface area contributed by atoms with Crippen molar-refractivity contribution in [1.29, 1.82) is 0 Å². The molecule has 2 aliphatic rings. The first-order valence-electron chi connectivity index (χ1n) is 6.94. The Bertz CT molecular complexity index is 358. The summed E-state index contributed by atoms with van der Waals surface area (Å²) in [5.41, 5.74) is -0.192. The van der Waals surface area contributed by atoms with Crippen LogP contribution < -0.4 is 10.0 Å². The van der Waals surface area contributed by atoms with E-state index in [0.717, 1.165) is 51.9 Å². The third-order valence-corrected chi connectivity index (χ3v) is 5.52. The summed E-state index contributed by atoms with van der Waals surface area (Å²) in [5.74, 6) is 0.225. The molecule has 5 nitrogen and oxygen atoms in total. The Morgan fingerprint density at radius 3 is 2.44 bits per heavy atom. The molecule has 1 saturated heterocycles. The van der Waals surface area contributed by atoms with Gasteiger partial charge in [-0.2, -0.15) is 0 Å². The van der Waals surface area contributed by atoms with Crippen LogP contribution in [-0.2, 0) is 10.0 Å². The Morgan fingerprint density at radius 1 is 1.22 bits per heavy atom. The molecule has 18 heavy (non-hydrogen) atoms. The average molecular weight is 275 g/mol. The zero-order valence-corrected chi connectivity index (χ0v) is 12.1. The van der Waals surface area contributed by atoms with Gasteiger partial charge in [0.1, 0.15) is 0 Å². The van der Waals surface area contributed by atoms with Gasteiger partial charge in [-0.25, -0.2) is 13.1 Å². The molecule has 1 aliphatic carbocycles. The van der Waals surface area contributed by atoms with E-state index in [-0.39, 0.29) is 11.3 Å². The summed E-state index contributed by atoms with van der Waals surface area (Å²) < 4.78 is 27.1. The second-order valence-electron chi connectivity index (χ2n) is 5.78. The van der Waals surface area contributed by atoms with Gasteiger partial charge < -0.3 is 5.32 Å². The largest absolute Gasteiger partial charge is 0.314 e. The SMILES string of the molecule is CC1(NS(=O)(=O)CCN2CCNCC2)CCCC1. The number of sulfonamides is 1. The van der Waals surface area contributed by atoms with Gasteiger partial charge in [-0.05, 0) is 19.8 Å². The summed E-state index contributed by atoms with van der Waals surface area (Å²) in [6.45, 7) is 6.51. The van der Waals surface area contributed by atoms with Crippen molar-refractivity contribution in [2.24, 2.45) is 0 Å². The number of hydrogen-bond donors (Lipinski definition) is 2. The molecule has 0 radical (unpaired) electrons. The molecule has 0 atom stereocenters. The van der Waals surface area contributed by atoms with E-state index >= 15 is 0 Å². The number of nitrogens with zero attached hydrogens (tertiary/aromatic N) is 1. The molecule has 0 bridgehead atoms. The van der Waals surface area contributed by atoms with Crippen LogP contribution in [0.1, 0.15) is 32.6 Å². The minimum Gasteiger partial charge on any atom is -0.314 e. The summed E-state index contributed by atoms with van der Waals surface area (Å²) in [4.78, 5) is 2.21. The van der Waals surface area contributed by atoms with Crippen molar-refractivity contribution in [3.8, 4) is 0 Å². The van der Waals surface area contributed by atoms with Crippen LogP contribution in [0, 0.1) is 0 Å². The van der Waals surface area contributed by atoms with E-state index in [1.165, 1.54) is 0 Å². The maximum Gasteiger partial charge on any atom is 0.213 e. The standard InChI is InChI=1S/C12H25N3O2S/c1-12(4-2-3-5-12)14-18(16,17)11-10-15-8-6-13-7-9-15/h13-14H,2-11H2,1H3. The highest BCUT2D eigenvalue weighted by molar-refractivity contribution is 7.89. The highest BCUT2D eigenvalue weighted by Crippen LogP contribution is 2.29. The van der Waals surface area contributed by atoms with Gasteiger partial charge in [0, 0.05) is 38.3 Å². The Hall–Kier alpha value is -0.170. The summed E-state index contributed by atoms with van der Waals surface area (Å²) in [6, 6.07) is 0. The van der Waals surface area contributed by atoms with Crippen molar-refractivity contribution in [2.75, 3.05) is 38.5 Å². The van der Waals surface area contributed by atoms with Crippen LogP contribution in [0.3, 0.4) is 0 Å². The third-order valence-electron chi connectivity index (χ3n) is 3.99. The Kier molecular flexibility index (Phi) is 4.64. The third kappa shape index (κ3) is 4.19. The summed E-state index contributed by atoms with van der Waals surface area (Å²) >= 11 is 0. The van der Waals surface area contributed by atoms with Crippen LogP contribution in [0.5, 0.6) is 0 Å². The van der Waals surface area contributed by atoms with Crippen molar-refractivity contribution >= 4 is 10.0 Å². The molecule has 6 heteroatoms. The Balaban J connectivity index is 1.79. The van der Waals surface area contributed by atoms with Gasteiger partial charge in [0.05, 0.1) is 5.75 Å². The van der Waals surface area contributed by atoms with E-state index in [2.05, 4.69) is 14.9 Å². The molecule has 0 spiro atoms. The van der Waals surface area contributed by atoms with Crippen LogP contribution in [0.4, 0.5) is 0 Å². The van der Waals surface area contributed by atoms with Gasteiger partial charge in [-0.1, -0.05) is 12.8 Å². The van der Waals surface area contributed by atoms with E-state index in [1.807, 2.05) is 6.92 Å². The molecule has 0 unspecified atom stereocenters. The van der Waals surface area contributed by atoms with E-state index in [0.29, 0.717) is 6.54 Å². The molecule has 0 amide bonds. The van der Waals surface area contributed by atoms with Gasteiger partial charge in [-0.3, -0.25) is 4.90 Å². The van der Waals surface area contributed by atoms with Gasteiger partial charge in [0.15, 0.2) is 0 Å². The molecule has 106 valence electrons. The van der Waals surface area contributed by atoms with E-state index in [1.54, 1.807) is 0 Å². The van der Waals surface area contributed by atoms with Crippen molar-refractivity contribution in [3.63, 3.8) is 0 Å². The summed E-state index contributed by atoms with van der Waals surface area (Å²) in [7, 11) is -3.13. The number of rotatable bonds is 5. The molecule has 1 saturated carbocycles. The molecule has 2 fully saturated rings. The van der Waals surface area contributed by atoms with E-state index in [9.17, 15) is 8.42 Å². The highest BCUT2D eigenvalue weighted by atomic mass is 32.2. The smallest absolute Gasteiger partial charge is 0.213 e. The molecule has 2 rings (SSSR count). The fourth-order valence-electron chi connectivity index (χ4n) is 2.87. The molecule has 1 aliphatic heterocycles. The second kappa shape index (κ2) is 5.86. The van der Waals surface area contributed by atoms with Crippen LogP contribution in [0.2, 0.25) is 0 Å². The summed E-state index contributed by atoms with van der Waals surface area (Å²) in [5, 5.41) is 3.27. The quantitative estimate of drug-likeness (QED) is 0.749. The molecule has 0 aromatic heterocycles. The molecule has 2 N–H and O–H groups in total. The lowest BCUT2D eigenvalue weighted by atomic mass is 10.0. The van der Waals surface area contributed by atoms with Gasteiger partial charge in [-0.15, -0.1) is 0 Å². The van der Waals surface area contributed by atoms with E-state index < -0.39 is 10.0 Å². The molecule has 0 aromatic carbocycles. The van der Waals surface area contributed by atoms with Gasteiger partial charge in [0.2, 0.25) is 10.0 Å². The normalized spacial score (nSPS) is 25.4. The molecule has 0 aromatic rings. The maximum atomic E-state index is 12.1. The van der Waals surface area contributed by atoms with Crippen molar-refractivity contribution in [2.45, 2.75) is 38.1 Å². The fraction of sp³-hybridized carbons (Fsp3) is 1.00. The molecule has 1 heterocycles. The lowest BCUT2D eigenvalue weighted by Crippen LogP contribution is -2.48. The minimum absolute atomic E-state index is 0.192. The first-order chi connectivity index (χ1) is 8.49.